The van der Waals surface area contributed by atoms with Gasteiger partial charge >= 0.3 is 17.9 Å². The van der Waals surface area contributed by atoms with Crippen molar-refractivity contribution < 1.29 is 23.6 Å². The van der Waals surface area contributed by atoms with Gasteiger partial charge in [0, 0.05) is 11.1 Å². The molecule has 1 atom stereocenters. The molecule has 0 bridgehead atoms. The third-order valence-electron chi connectivity index (χ3n) is 5.15. The van der Waals surface area contributed by atoms with Gasteiger partial charge in [0.05, 0.1) is 12.8 Å². The molecule has 3 rings (SSSR count). The van der Waals surface area contributed by atoms with E-state index in [0.717, 1.165) is 16.7 Å². The fourth-order valence-corrected chi connectivity index (χ4v) is 3.84. The van der Waals surface area contributed by atoms with Crippen molar-refractivity contribution in [3.8, 4) is 0 Å². The lowest BCUT2D eigenvalue weighted by Crippen LogP contribution is -2.65. The number of rotatable bonds is 3. The fourth-order valence-electron chi connectivity index (χ4n) is 3.84. The second kappa shape index (κ2) is 7.91. The molecule has 0 saturated carbocycles. The Morgan fingerprint density at radius 1 is 0.897 bits per heavy atom. The molecule has 29 heavy (non-hydrogen) atoms. The predicted octanol–water partition coefficient (Wildman–Crippen LogP) is 5.07. The van der Waals surface area contributed by atoms with Gasteiger partial charge in [-0.2, -0.15) is 4.79 Å². The second-order valence-corrected chi connectivity index (χ2v) is 8.57. The summed E-state index contributed by atoms with van der Waals surface area (Å²) in [6.07, 6.45) is -0.0161. The van der Waals surface area contributed by atoms with Gasteiger partial charge in [-0.15, -0.1) is 0 Å². The van der Waals surface area contributed by atoms with Crippen molar-refractivity contribution in [2.45, 2.75) is 58.6 Å². The summed E-state index contributed by atoms with van der Waals surface area (Å²) in [6.45, 7) is 7.19. The average Bonchev–Trinajstić information content (AvgIpc) is 2.65. The maximum atomic E-state index is 13.5. The predicted molar refractivity (Wildman–Crippen MR) is 110 cm³/mol. The van der Waals surface area contributed by atoms with Crippen LogP contribution in [0.15, 0.2) is 54.6 Å². The summed E-state index contributed by atoms with van der Waals surface area (Å²) in [5, 5.41) is 0. The monoisotopic (exact) mass is 394 g/mol. The maximum absolute atomic E-state index is 13.5. The van der Waals surface area contributed by atoms with E-state index in [0.29, 0.717) is 6.42 Å². The Morgan fingerprint density at radius 2 is 1.41 bits per heavy atom. The zero-order chi connectivity index (χ0) is 21.2. The number of carbonyl (C=O) groups excluding carboxylic acids is 3. The van der Waals surface area contributed by atoms with E-state index in [1.54, 1.807) is 20.8 Å². The first-order chi connectivity index (χ1) is 13.7. The lowest BCUT2D eigenvalue weighted by molar-refractivity contribution is -0.738. The minimum atomic E-state index is -0.954. The quantitative estimate of drug-likeness (QED) is 0.538. The summed E-state index contributed by atoms with van der Waals surface area (Å²) in [6, 6.07) is 16.1. The number of hydrogen-bond donors (Lipinski definition) is 0. The van der Waals surface area contributed by atoms with Crippen LogP contribution in [0.2, 0.25) is 0 Å². The number of benzene rings is 2. The smallest absolute Gasteiger partial charge is 0.414 e. The molecular weight excluding hydrogens is 366 g/mol. The van der Waals surface area contributed by atoms with Crippen LogP contribution in [0.3, 0.4) is 0 Å². The highest BCUT2D eigenvalue weighted by molar-refractivity contribution is 5.98. The number of aryl methyl sites for hydroxylation is 1. The van der Waals surface area contributed by atoms with Crippen LogP contribution < -0.4 is 0 Å². The fraction of sp³-hybridized carbons (Fsp3) is 0.375. The molecule has 2 aromatic carbocycles. The molecule has 0 aromatic heterocycles. The molecule has 1 unspecified atom stereocenters. The molecule has 1 heterocycles. The van der Waals surface area contributed by atoms with Crippen LogP contribution in [0, 0.1) is 6.92 Å². The normalized spacial score (nSPS) is 17.7. The van der Waals surface area contributed by atoms with Crippen LogP contribution in [-0.4, -0.2) is 28.0 Å². The molecule has 1 aliphatic heterocycles. The third-order valence-corrected chi connectivity index (χ3v) is 5.15. The van der Waals surface area contributed by atoms with E-state index >= 15 is 0 Å². The van der Waals surface area contributed by atoms with Gasteiger partial charge in [0.1, 0.15) is 5.60 Å². The lowest BCUT2D eigenvalue weighted by atomic mass is 9.91. The number of imide groups is 3. The number of nitrogens with zero attached hydrogens (tertiary/aromatic N) is 1. The first kappa shape index (κ1) is 20.9. The van der Waals surface area contributed by atoms with Crippen molar-refractivity contribution in [1.29, 1.82) is 0 Å². The van der Waals surface area contributed by atoms with Gasteiger partial charge in [0.15, 0.2) is 6.04 Å². The van der Waals surface area contributed by atoms with Crippen molar-refractivity contribution in [3.05, 3.63) is 71.3 Å². The van der Waals surface area contributed by atoms with E-state index < -0.39 is 34.0 Å². The molecule has 0 radical (unpaired) electrons. The minimum absolute atomic E-state index is 0.167. The molecule has 1 aliphatic rings. The van der Waals surface area contributed by atoms with E-state index in [4.69, 9.17) is 4.74 Å². The Hall–Kier alpha value is -2.79. The zero-order valence-electron chi connectivity index (χ0n) is 17.5. The average molecular weight is 394 g/mol. The van der Waals surface area contributed by atoms with Crippen LogP contribution in [0.25, 0.3) is 0 Å². The molecule has 0 spiro atoms. The van der Waals surface area contributed by atoms with Crippen molar-refractivity contribution in [3.63, 3.8) is 0 Å². The van der Waals surface area contributed by atoms with Crippen LogP contribution in [0.4, 0.5) is 4.79 Å². The Balaban J connectivity index is 2.28. The van der Waals surface area contributed by atoms with E-state index in [9.17, 15) is 14.4 Å². The van der Waals surface area contributed by atoms with Gasteiger partial charge in [-0.05, 0) is 34.1 Å². The number of ether oxygens (including phenoxy) is 1. The summed E-state index contributed by atoms with van der Waals surface area (Å²) in [5.41, 5.74) is 1.69. The Bertz CT molecular complexity index is 894. The molecule has 1 saturated heterocycles. The highest BCUT2D eigenvalue weighted by Gasteiger charge is 2.61. The van der Waals surface area contributed by atoms with Crippen LogP contribution in [0.5, 0.6) is 0 Å². The first-order valence-electron chi connectivity index (χ1n) is 9.97. The van der Waals surface area contributed by atoms with Gasteiger partial charge in [-0.25, -0.2) is 9.59 Å². The van der Waals surface area contributed by atoms with E-state index in [1.807, 2.05) is 61.5 Å². The largest absolute Gasteiger partial charge is 0.532 e. The van der Waals surface area contributed by atoms with Gasteiger partial charge in [-0.3, -0.25) is 0 Å². The van der Waals surface area contributed by atoms with Gasteiger partial charge < -0.3 is 4.74 Å². The van der Waals surface area contributed by atoms with Crippen LogP contribution >= 0.6 is 0 Å². The summed E-state index contributed by atoms with van der Waals surface area (Å²) in [4.78, 5) is 40.2. The molecular formula is C24H28NO4+. The minimum Gasteiger partial charge on any atom is -0.414 e. The Labute approximate surface area is 171 Å². The molecule has 3 amide bonds. The van der Waals surface area contributed by atoms with Gasteiger partial charge in [-0.1, -0.05) is 64.6 Å². The second-order valence-electron chi connectivity index (χ2n) is 8.57. The number of amides is 3. The van der Waals surface area contributed by atoms with E-state index in [1.165, 1.54) is 0 Å². The van der Waals surface area contributed by atoms with Crippen molar-refractivity contribution in [2.24, 2.45) is 0 Å². The number of hydrogen-bond acceptors (Lipinski definition) is 4. The summed E-state index contributed by atoms with van der Waals surface area (Å²) in [7, 11) is 0. The lowest BCUT2D eigenvalue weighted by Gasteiger charge is -2.40. The molecule has 5 heteroatoms. The number of likely N-dealkylation sites (tertiary alicyclic amines) is 1. The number of carbonyl (C=O) groups is 3. The Kier molecular flexibility index (Phi) is 5.71. The van der Waals surface area contributed by atoms with Gasteiger partial charge in [0.2, 0.25) is 0 Å². The molecule has 1 fully saturated rings. The van der Waals surface area contributed by atoms with E-state index in [2.05, 4.69) is 0 Å². The summed E-state index contributed by atoms with van der Waals surface area (Å²) >= 11 is 0. The van der Waals surface area contributed by atoms with Crippen molar-refractivity contribution in [1.82, 2.24) is 0 Å². The number of quaternary nitrogens is 1. The maximum Gasteiger partial charge on any atom is 0.532 e. The van der Waals surface area contributed by atoms with Crippen molar-refractivity contribution in [2.75, 3.05) is 0 Å². The zero-order valence-corrected chi connectivity index (χ0v) is 17.5. The standard InChI is InChI=1S/C24H28NO4/c1-17-13-15-19(16-14-17)22(18-9-6-5-7-10-18)25(23(28)29-24(2,3)4)20(26)11-8-12-21(25)27/h5-7,9-10,13-16,22H,8,11-12H2,1-4H3/q+1. The summed E-state index contributed by atoms with van der Waals surface area (Å²) in [5.74, 6) is -0.824. The molecule has 5 nitrogen and oxygen atoms in total. The topological polar surface area (TPSA) is 60.4 Å². The molecule has 152 valence electrons. The van der Waals surface area contributed by atoms with Gasteiger partial charge in [0.25, 0.3) is 0 Å². The van der Waals surface area contributed by atoms with Crippen LogP contribution in [-0.2, 0) is 14.3 Å². The van der Waals surface area contributed by atoms with Crippen LogP contribution in [0.1, 0.15) is 62.8 Å². The van der Waals surface area contributed by atoms with E-state index in [-0.39, 0.29) is 12.8 Å². The number of piperidine rings is 1. The first-order valence-corrected chi connectivity index (χ1v) is 9.97. The highest BCUT2D eigenvalue weighted by Crippen LogP contribution is 2.41. The molecule has 2 aromatic rings. The summed E-state index contributed by atoms with van der Waals surface area (Å²) < 4.78 is 4.71. The Morgan fingerprint density at radius 3 is 1.93 bits per heavy atom. The third kappa shape index (κ3) is 4.01. The molecule has 0 aliphatic carbocycles. The molecule has 0 N–H and O–H groups in total. The SMILES string of the molecule is Cc1ccc(C(c2ccccc2)[N+]2(C(=O)OC(C)(C)C)C(=O)CCCC2=O)cc1. The highest BCUT2D eigenvalue weighted by atomic mass is 16.6. The van der Waals surface area contributed by atoms with Crippen molar-refractivity contribution >= 4 is 17.9 Å².